The smallest absolute Gasteiger partial charge is 0.226 e. The Bertz CT molecular complexity index is 961. The summed E-state index contributed by atoms with van der Waals surface area (Å²) in [6, 6.07) is 10.2. The van der Waals surface area contributed by atoms with Crippen LogP contribution in [0.1, 0.15) is 6.42 Å². The topological polar surface area (TPSA) is 76.9 Å². The molecule has 0 radical (unpaired) electrons. The minimum absolute atomic E-state index is 0.108. The van der Waals surface area contributed by atoms with Gasteiger partial charge in [0, 0.05) is 18.1 Å². The molecule has 7 heteroatoms. The molecular weight excluding hydrogens is 324 g/mol. The molecule has 0 aliphatic carbocycles. The number of aromatic nitrogens is 3. The zero-order valence-electron chi connectivity index (χ0n) is 13.1. The number of nitrogens with zero attached hydrogens (tertiary/aromatic N) is 3. The maximum Gasteiger partial charge on any atom is 0.226 e. The largest absolute Gasteiger partial charge is 0.316 e. The van der Waals surface area contributed by atoms with Crippen molar-refractivity contribution >= 4 is 20.7 Å². The van der Waals surface area contributed by atoms with Crippen LogP contribution in [0, 0.1) is 5.92 Å². The van der Waals surface area contributed by atoms with Crippen LogP contribution in [0.3, 0.4) is 0 Å². The van der Waals surface area contributed by atoms with Crippen LogP contribution < -0.4 is 5.32 Å². The molecule has 4 rings (SSSR count). The first-order valence-electron chi connectivity index (χ1n) is 7.97. The molecule has 6 nitrogen and oxygen atoms in total. The van der Waals surface area contributed by atoms with Crippen LogP contribution >= 0.6 is 0 Å². The summed E-state index contributed by atoms with van der Waals surface area (Å²) in [6.07, 6.45) is 4.37. The molecule has 124 valence electrons. The molecule has 1 N–H and O–H groups in total. The summed E-state index contributed by atoms with van der Waals surface area (Å²) < 4.78 is 27.8. The summed E-state index contributed by atoms with van der Waals surface area (Å²) in [5, 5.41) is 8.52. The second-order valence-electron chi connectivity index (χ2n) is 6.06. The highest BCUT2D eigenvalue weighted by atomic mass is 32.2. The Labute approximate surface area is 140 Å². The van der Waals surface area contributed by atoms with Crippen molar-refractivity contribution in [3.05, 3.63) is 48.8 Å². The summed E-state index contributed by atoms with van der Waals surface area (Å²) in [4.78, 5) is 4.41. The summed E-state index contributed by atoms with van der Waals surface area (Å²) in [6.45, 7) is 2.62. The molecule has 1 unspecified atom stereocenters. The Morgan fingerprint density at radius 3 is 2.79 bits per heavy atom. The third kappa shape index (κ3) is 2.59. The normalized spacial score (nSPS) is 18.2. The average Bonchev–Trinajstić information content (AvgIpc) is 3.25. The monoisotopic (exact) mass is 342 g/mol. The van der Waals surface area contributed by atoms with Crippen molar-refractivity contribution in [3.8, 4) is 0 Å². The van der Waals surface area contributed by atoms with Crippen LogP contribution in [-0.4, -0.2) is 36.3 Å². The van der Waals surface area contributed by atoms with Gasteiger partial charge in [0.25, 0.3) is 0 Å². The van der Waals surface area contributed by atoms with Gasteiger partial charge in [0.2, 0.25) is 9.84 Å². The average molecular weight is 342 g/mol. The molecule has 0 bridgehead atoms. The van der Waals surface area contributed by atoms with E-state index in [9.17, 15) is 8.42 Å². The maximum atomic E-state index is 13.0. The van der Waals surface area contributed by atoms with Gasteiger partial charge in [0.15, 0.2) is 5.03 Å². The Kier molecular flexibility index (Phi) is 3.82. The Balaban J connectivity index is 1.84. The van der Waals surface area contributed by atoms with E-state index in [1.165, 1.54) is 0 Å². The lowest BCUT2D eigenvalue weighted by atomic mass is 10.1. The molecule has 1 aliphatic heterocycles. The lowest BCUT2D eigenvalue weighted by Gasteiger charge is -2.08. The van der Waals surface area contributed by atoms with E-state index in [2.05, 4.69) is 15.4 Å². The first-order valence-corrected chi connectivity index (χ1v) is 9.46. The van der Waals surface area contributed by atoms with Gasteiger partial charge in [-0.05, 0) is 43.6 Å². The Hall–Kier alpha value is -2.25. The van der Waals surface area contributed by atoms with Crippen molar-refractivity contribution in [3.63, 3.8) is 0 Å². The number of pyridine rings is 1. The molecule has 3 aromatic rings. The van der Waals surface area contributed by atoms with E-state index in [1.54, 1.807) is 53.5 Å². The summed E-state index contributed by atoms with van der Waals surface area (Å²) in [7, 11) is -3.65. The number of hydrogen-bond acceptors (Lipinski definition) is 5. The third-order valence-electron chi connectivity index (χ3n) is 4.42. The van der Waals surface area contributed by atoms with Gasteiger partial charge in [-0.2, -0.15) is 5.10 Å². The van der Waals surface area contributed by atoms with E-state index >= 15 is 0 Å². The van der Waals surface area contributed by atoms with E-state index in [0.717, 1.165) is 25.0 Å². The summed E-state index contributed by atoms with van der Waals surface area (Å²) in [5.41, 5.74) is 0.763. The second kappa shape index (κ2) is 5.99. The number of benzene rings is 1. The quantitative estimate of drug-likeness (QED) is 0.783. The molecule has 1 fully saturated rings. The molecule has 3 heterocycles. The molecule has 0 spiro atoms. The number of hydrogen-bond donors (Lipinski definition) is 1. The van der Waals surface area contributed by atoms with E-state index in [4.69, 9.17) is 0 Å². The number of sulfone groups is 1. The standard InChI is InChI=1S/C17H18N4O2S/c22-24(23,14-4-2-1-3-5-14)17-15-7-9-19-11-16(15)21(20-17)12-13-6-8-18-10-13/h1-5,7,9,11,13,18H,6,8,10,12H2. The van der Waals surface area contributed by atoms with Crippen LogP contribution in [0.2, 0.25) is 0 Å². The van der Waals surface area contributed by atoms with Crippen molar-refractivity contribution in [1.29, 1.82) is 0 Å². The molecule has 1 atom stereocenters. The first kappa shape index (κ1) is 15.3. The fourth-order valence-electron chi connectivity index (χ4n) is 3.15. The van der Waals surface area contributed by atoms with E-state index in [0.29, 0.717) is 17.8 Å². The Morgan fingerprint density at radius 2 is 2.04 bits per heavy atom. The summed E-state index contributed by atoms with van der Waals surface area (Å²) >= 11 is 0. The molecule has 1 aliphatic rings. The van der Waals surface area contributed by atoms with Gasteiger partial charge in [-0.1, -0.05) is 18.2 Å². The van der Waals surface area contributed by atoms with Crippen molar-refractivity contribution in [1.82, 2.24) is 20.1 Å². The second-order valence-corrected chi connectivity index (χ2v) is 7.92. The van der Waals surface area contributed by atoms with Crippen LogP contribution in [0.4, 0.5) is 0 Å². The van der Waals surface area contributed by atoms with Crippen LogP contribution in [-0.2, 0) is 16.4 Å². The highest BCUT2D eigenvalue weighted by molar-refractivity contribution is 7.91. The minimum atomic E-state index is -3.65. The van der Waals surface area contributed by atoms with Crippen LogP contribution in [0.15, 0.2) is 58.7 Å². The fraction of sp³-hybridized carbons (Fsp3) is 0.294. The van der Waals surface area contributed by atoms with Gasteiger partial charge in [0.05, 0.1) is 16.6 Å². The number of fused-ring (bicyclic) bond motifs is 1. The van der Waals surface area contributed by atoms with Gasteiger partial charge in [-0.25, -0.2) is 8.42 Å². The zero-order valence-corrected chi connectivity index (χ0v) is 13.9. The molecule has 1 saturated heterocycles. The minimum Gasteiger partial charge on any atom is -0.316 e. The number of nitrogens with one attached hydrogen (secondary N) is 1. The van der Waals surface area contributed by atoms with Gasteiger partial charge < -0.3 is 5.32 Å². The Morgan fingerprint density at radius 1 is 1.21 bits per heavy atom. The van der Waals surface area contributed by atoms with Crippen molar-refractivity contribution in [2.75, 3.05) is 13.1 Å². The molecular formula is C17H18N4O2S. The van der Waals surface area contributed by atoms with Crippen LogP contribution in [0.25, 0.3) is 10.9 Å². The van der Waals surface area contributed by atoms with E-state index in [-0.39, 0.29) is 9.92 Å². The highest BCUT2D eigenvalue weighted by Crippen LogP contribution is 2.28. The van der Waals surface area contributed by atoms with Crippen molar-refractivity contribution < 1.29 is 8.42 Å². The van der Waals surface area contributed by atoms with Gasteiger partial charge >= 0.3 is 0 Å². The lowest BCUT2D eigenvalue weighted by Crippen LogP contribution is -2.15. The predicted molar refractivity (Wildman–Crippen MR) is 90.4 cm³/mol. The summed E-state index contributed by atoms with van der Waals surface area (Å²) in [5.74, 6) is 0.459. The van der Waals surface area contributed by atoms with Crippen molar-refractivity contribution in [2.24, 2.45) is 5.92 Å². The zero-order chi connectivity index (χ0) is 16.6. The lowest BCUT2D eigenvalue weighted by molar-refractivity contribution is 0.452. The molecule has 24 heavy (non-hydrogen) atoms. The van der Waals surface area contributed by atoms with E-state index in [1.807, 2.05) is 0 Å². The SMILES string of the molecule is O=S(=O)(c1ccccc1)c1nn(CC2CCNC2)c2cnccc12. The molecule has 1 aromatic carbocycles. The van der Waals surface area contributed by atoms with Gasteiger partial charge in [-0.3, -0.25) is 9.67 Å². The predicted octanol–water partition coefficient (Wildman–Crippen LogP) is 1.87. The highest BCUT2D eigenvalue weighted by Gasteiger charge is 2.26. The molecule has 2 aromatic heterocycles. The number of rotatable bonds is 4. The fourth-order valence-corrected chi connectivity index (χ4v) is 4.56. The van der Waals surface area contributed by atoms with Gasteiger partial charge in [0.1, 0.15) is 0 Å². The third-order valence-corrected chi connectivity index (χ3v) is 6.13. The van der Waals surface area contributed by atoms with Crippen molar-refractivity contribution in [2.45, 2.75) is 22.9 Å². The molecule has 0 saturated carbocycles. The molecule has 0 amide bonds. The van der Waals surface area contributed by atoms with E-state index < -0.39 is 9.84 Å². The van der Waals surface area contributed by atoms with Gasteiger partial charge in [-0.15, -0.1) is 0 Å². The maximum absolute atomic E-state index is 13.0. The van der Waals surface area contributed by atoms with Crippen LogP contribution in [0.5, 0.6) is 0 Å². The first-order chi connectivity index (χ1) is 11.7.